The second-order valence-corrected chi connectivity index (χ2v) is 6.86. The van der Waals surface area contributed by atoms with Gasteiger partial charge in [0.15, 0.2) is 0 Å². The van der Waals surface area contributed by atoms with Gasteiger partial charge in [-0.05, 0) is 49.1 Å². The summed E-state index contributed by atoms with van der Waals surface area (Å²) in [6.07, 6.45) is 17.8. The fourth-order valence-corrected chi connectivity index (χ4v) is 2.92. The first-order valence-electron chi connectivity index (χ1n) is 9.00. The summed E-state index contributed by atoms with van der Waals surface area (Å²) in [5, 5.41) is 11.0. The van der Waals surface area contributed by atoms with Crippen molar-refractivity contribution in [3.8, 4) is 0 Å². The van der Waals surface area contributed by atoms with E-state index in [2.05, 4.69) is 60.1 Å². The lowest BCUT2D eigenvalue weighted by atomic mass is 9.95. The summed E-state index contributed by atoms with van der Waals surface area (Å²) in [5.74, 6) is 1.99. The molecule has 0 saturated carbocycles. The van der Waals surface area contributed by atoms with Crippen molar-refractivity contribution >= 4 is 12.4 Å². The molecule has 2 heterocycles. The molecule has 0 bridgehead atoms. The number of rotatable bonds is 8. The van der Waals surface area contributed by atoms with E-state index in [4.69, 9.17) is 5.41 Å². The predicted molar refractivity (Wildman–Crippen MR) is 108 cm³/mol. The van der Waals surface area contributed by atoms with Gasteiger partial charge in [0.1, 0.15) is 5.82 Å². The third kappa shape index (κ3) is 6.67. The Hall–Kier alpha value is -2.20. The zero-order valence-corrected chi connectivity index (χ0v) is 15.4. The van der Waals surface area contributed by atoms with Gasteiger partial charge in [0.25, 0.3) is 0 Å². The minimum absolute atomic E-state index is 0.498. The second kappa shape index (κ2) is 9.94. The zero-order chi connectivity index (χ0) is 18.1. The fourth-order valence-electron chi connectivity index (χ4n) is 2.92. The van der Waals surface area contributed by atoms with Crippen LogP contribution in [0.1, 0.15) is 19.8 Å². The Balaban J connectivity index is 1.76. The number of likely N-dealkylation sites (tertiary alicyclic amines) is 1. The van der Waals surface area contributed by atoms with Crippen molar-refractivity contribution in [2.24, 2.45) is 16.8 Å². The lowest BCUT2D eigenvalue weighted by Crippen LogP contribution is -2.42. The maximum absolute atomic E-state index is 7.60. The summed E-state index contributed by atoms with van der Waals surface area (Å²) in [6.45, 7) is 9.27. The zero-order valence-electron chi connectivity index (χ0n) is 15.4. The molecule has 0 aromatic heterocycles. The third-order valence-electron chi connectivity index (χ3n) is 4.36. The number of hydrogen-bond acceptors (Lipinski definition) is 4. The van der Waals surface area contributed by atoms with Crippen molar-refractivity contribution in [2.75, 3.05) is 26.7 Å². The van der Waals surface area contributed by atoms with E-state index in [9.17, 15) is 0 Å². The molecule has 0 amide bonds. The molecule has 2 aliphatic rings. The van der Waals surface area contributed by atoms with Crippen LogP contribution in [-0.4, -0.2) is 44.0 Å². The van der Waals surface area contributed by atoms with E-state index in [1.54, 1.807) is 0 Å². The third-order valence-corrected chi connectivity index (χ3v) is 4.36. The maximum atomic E-state index is 7.60. The summed E-state index contributed by atoms with van der Waals surface area (Å²) in [6, 6.07) is 0. The van der Waals surface area contributed by atoms with Gasteiger partial charge in [-0.3, -0.25) is 0 Å². The molecule has 0 aliphatic carbocycles. The monoisotopic (exact) mass is 338 g/mol. The summed E-state index contributed by atoms with van der Waals surface area (Å²) in [5.41, 5.74) is 1.83. The van der Waals surface area contributed by atoms with E-state index in [-0.39, 0.29) is 0 Å². The molecule has 4 nitrogen and oxygen atoms in total. The lowest BCUT2D eigenvalue weighted by Gasteiger charge is -2.34. The van der Waals surface area contributed by atoms with Crippen molar-refractivity contribution in [3.05, 3.63) is 60.0 Å². The number of allylic oxidation sites excluding steroid dienone is 6. The lowest BCUT2D eigenvalue weighted by molar-refractivity contribution is 0.170. The van der Waals surface area contributed by atoms with Gasteiger partial charge in [-0.15, -0.1) is 0 Å². The summed E-state index contributed by atoms with van der Waals surface area (Å²) < 4.78 is 0. The molecule has 0 spiro atoms. The Morgan fingerprint density at radius 1 is 1.48 bits per heavy atom. The van der Waals surface area contributed by atoms with E-state index < -0.39 is 0 Å². The fraction of sp³-hybridized carbons (Fsp3) is 0.429. The van der Waals surface area contributed by atoms with Crippen molar-refractivity contribution in [1.29, 1.82) is 5.41 Å². The van der Waals surface area contributed by atoms with Crippen molar-refractivity contribution < 1.29 is 0 Å². The Kier molecular flexibility index (Phi) is 7.61. The molecule has 0 aromatic carbocycles. The Morgan fingerprint density at radius 2 is 2.28 bits per heavy atom. The van der Waals surface area contributed by atoms with Crippen LogP contribution < -0.4 is 5.32 Å². The standard InChI is InChI=1S/C21H30N4/c1-17-8-4-6-10-23-21(12-17)24-11-7-5-9-18(2)20(14-22)13-19-15-25(3)16-19/h4-6,9-10,12-14,17,19,22,24H,2,7-8,11,15-16H2,1,3H3/b6-4+,9-5-,20-13+,21-12-,22-14?,23-10-. The largest absolute Gasteiger partial charge is 0.370 e. The average Bonchev–Trinajstić information content (AvgIpc) is 2.54. The molecular weight excluding hydrogens is 308 g/mol. The second-order valence-electron chi connectivity index (χ2n) is 6.86. The maximum Gasteiger partial charge on any atom is 0.122 e. The van der Waals surface area contributed by atoms with Crippen LogP contribution in [0.3, 0.4) is 0 Å². The predicted octanol–water partition coefficient (Wildman–Crippen LogP) is 3.72. The highest BCUT2D eigenvalue weighted by molar-refractivity contribution is 5.83. The molecule has 1 fully saturated rings. The van der Waals surface area contributed by atoms with Crippen LogP contribution >= 0.6 is 0 Å². The molecular formula is C21H30N4. The average molecular weight is 338 g/mol. The SMILES string of the molecule is C=C(/C=C\CCNC1=C\C(C)C/C=C/C=N\1)/C(C=N)=C/C1CN(C)C1. The van der Waals surface area contributed by atoms with Gasteiger partial charge in [0.05, 0.1) is 0 Å². The highest BCUT2D eigenvalue weighted by Crippen LogP contribution is 2.18. The smallest absolute Gasteiger partial charge is 0.122 e. The molecule has 134 valence electrons. The molecule has 25 heavy (non-hydrogen) atoms. The van der Waals surface area contributed by atoms with Gasteiger partial charge in [0, 0.05) is 38.0 Å². The highest BCUT2D eigenvalue weighted by Gasteiger charge is 2.21. The Labute approximate surface area is 151 Å². The molecule has 2 aliphatic heterocycles. The normalized spacial score (nSPS) is 26.9. The molecule has 1 saturated heterocycles. The summed E-state index contributed by atoms with van der Waals surface area (Å²) in [7, 11) is 2.11. The van der Waals surface area contributed by atoms with E-state index in [0.29, 0.717) is 11.8 Å². The minimum atomic E-state index is 0.498. The topological polar surface area (TPSA) is 51.5 Å². The van der Waals surface area contributed by atoms with Crippen LogP contribution in [0.15, 0.2) is 65.0 Å². The highest BCUT2D eigenvalue weighted by atomic mass is 15.2. The van der Waals surface area contributed by atoms with E-state index in [1.807, 2.05) is 18.4 Å². The van der Waals surface area contributed by atoms with Crippen molar-refractivity contribution in [3.63, 3.8) is 0 Å². The van der Waals surface area contributed by atoms with Crippen LogP contribution in [0.4, 0.5) is 0 Å². The van der Waals surface area contributed by atoms with Crippen LogP contribution in [0.25, 0.3) is 0 Å². The summed E-state index contributed by atoms with van der Waals surface area (Å²) >= 11 is 0. The van der Waals surface area contributed by atoms with E-state index >= 15 is 0 Å². The van der Waals surface area contributed by atoms with Crippen LogP contribution in [-0.2, 0) is 0 Å². The van der Waals surface area contributed by atoms with Crippen LogP contribution in [0.5, 0.6) is 0 Å². The Morgan fingerprint density at radius 3 is 3.00 bits per heavy atom. The Bertz CT molecular complexity index is 616. The van der Waals surface area contributed by atoms with Gasteiger partial charge >= 0.3 is 0 Å². The van der Waals surface area contributed by atoms with Gasteiger partial charge in [-0.25, -0.2) is 4.99 Å². The molecule has 2 rings (SSSR count). The number of nitrogens with one attached hydrogen (secondary N) is 2. The van der Waals surface area contributed by atoms with Crippen molar-refractivity contribution in [1.82, 2.24) is 10.2 Å². The molecule has 0 radical (unpaired) electrons. The molecule has 1 unspecified atom stereocenters. The minimum Gasteiger partial charge on any atom is -0.370 e. The first-order chi connectivity index (χ1) is 12.1. The number of nitrogens with zero attached hydrogens (tertiary/aromatic N) is 2. The molecule has 1 atom stereocenters. The van der Waals surface area contributed by atoms with Crippen molar-refractivity contribution in [2.45, 2.75) is 19.8 Å². The van der Waals surface area contributed by atoms with E-state index in [1.165, 1.54) is 6.21 Å². The molecule has 0 aromatic rings. The summed E-state index contributed by atoms with van der Waals surface area (Å²) in [4.78, 5) is 6.69. The van der Waals surface area contributed by atoms with Crippen LogP contribution in [0.2, 0.25) is 0 Å². The molecule has 4 heteroatoms. The first kappa shape index (κ1) is 19.1. The van der Waals surface area contributed by atoms with Crippen LogP contribution in [0, 0.1) is 17.2 Å². The molecule has 2 N–H and O–H groups in total. The number of hydrogen-bond donors (Lipinski definition) is 2. The van der Waals surface area contributed by atoms with E-state index in [0.717, 1.165) is 49.4 Å². The van der Waals surface area contributed by atoms with Gasteiger partial charge in [0.2, 0.25) is 0 Å². The van der Waals surface area contributed by atoms with Gasteiger partial charge < -0.3 is 15.6 Å². The first-order valence-corrected chi connectivity index (χ1v) is 9.00. The van der Waals surface area contributed by atoms with Gasteiger partial charge in [-0.2, -0.15) is 0 Å². The number of aliphatic imine (C=N–C) groups is 1. The quantitative estimate of drug-likeness (QED) is 0.402. The van der Waals surface area contributed by atoms with Gasteiger partial charge in [-0.1, -0.05) is 37.8 Å².